The van der Waals surface area contributed by atoms with E-state index in [-0.39, 0.29) is 5.69 Å². The number of anilines is 1. The number of aryl methyl sites for hydroxylation is 1. The van der Waals surface area contributed by atoms with Crippen molar-refractivity contribution in [3.05, 3.63) is 45.8 Å². The summed E-state index contributed by atoms with van der Waals surface area (Å²) in [6.07, 6.45) is 0.686. The Morgan fingerprint density at radius 3 is 2.48 bits per heavy atom. The number of non-ortho nitro benzene ring substituents is 1. The van der Waals surface area contributed by atoms with E-state index < -0.39 is 4.92 Å². The molecule has 1 aromatic heterocycles. The highest BCUT2D eigenvalue weighted by atomic mass is 16.6. The molecule has 0 amide bonds. The van der Waals surface area contributed by atoms with Crippen LogP contribution in [0, 0.1) is 17.0 Å². The van der Waals surface area contributed by atoms with E-state index in [0.29, 0.717) is 29.7 Å². The number of nitro benzene ring substituents is 1. The quantitative estimate of drug-likeness (QED) is 0.671. The number of hydrogen-bond donors (Lipinski definition) is 1. The van der Waals surface area contributed by atoms with E-state index >= 15 is 0 Å². The van der Waals surface area contributed by atoms with Crippen LogP contribution >= 0.6 is 0 Å². The number of hydrogen-bond acceptors (Lipinski definition) is 6. The summed E-state index contributed by atoms with van der Waals surface area (Å²) in [4.78, 5) is 18.9. The minimum absolute atomic E-state index is 0.0203. The molecule has 7 heteroatoms. The van der Waals surface area contributed by atoms with Gasteiger partial charge >= 0.3 is 0 Å². The first-order chi connectivity index (χ1) is 10.0. The van der Waals surface area contributed by atoms with E-state index in [0.717, 1.165) is 5.56 Å². The monoisotopic (exact) mass is 288 g/mol. The van der Waals surface area contributed by atoms with Crippen molar-refractivity contribution >= 4 is 11.5 Å². The van der Waals surface area contributed by atoms with Crippen molar-refractivity contribution in [1.82, 2.24) is 9.97 Å². The predicted octanol–water partition coefficient (Wildman–Crippen LogP) is 3.09. The second kappa shape index (κ2) is 6.17. The Balaban J connectivity index is 2.32. The zero-order valence-corrected chi connectivity index (χ0v) is 12.1. The maximum Gasteiger partial charge on any atom is 0.269 e. The van der Waals surface area contributed by atoms with E-state index in [9.17, 15) is 10.1 Å². The van der Waals surface area contributed by atoms with Crippen molar-refractivity contribution < 1.29 is 9.66 Å². The Kier molecular flexibility index (Phi) is 4.32. The summed E-state index contributed by atoms with van der Waals surface area (Å²) in [5.41, 5.74) is 0.806. The maximum absolute atomic E-state index is 10.6. The van der Waals surface area contributed by atoms with Crippen LogP contribution in [-0.4, -0.2) is 21.9 Å². The van der Waals surface area contributed by atoms with Gasteiger partial charge in [0.05, 0.1) is 10.5 Å². The number of nitrogens with one attached hydrogen (secondary N) is 1. The Hall–Kier alpha value is -2.70. The molecule has 110 valence electrons. The largest absolute Gasteiger partial charge is 0.439 e. The molecule has 0 aliphatic heterocycles. The van der Waals surface area contributed by atoms with Gasteiger partial charge in [-0.3, -0.25) is 10.1 Å². The topological polar surface area (TPSA) is 90.2 Å². The number of aromatic nitrogens is 2. The molecular formula is C14H16N4O3. The minimum Gasteiger partial charge on any atom is -0.439 e. The Labute approximate surface area is 122 Å². The highest BCUT2D eigenvalue weighted by Crippen LogP contribution is 2.28. The predicted molar refractivity (Wildman–Crippen MR) is 78.9 cm³/mol. The van der Waals surface area contributed by atoms with Crippen molar-refractivity contribution in [2.45, 2.75) is 20.3 Å². The summed E-state index contributed by atoms with van der Waals surface area (Å²) in [7, 11) is 1.78. The molecule has 2 rings (SSSR count). The van der Waals surface area contributed by atoms with Crippen molar-refractivity contribution in [3.8, 4) is 11.6 Å². The first-order valence-electron chi connectivity index (χ1n) is 6.52. The van der Waals surface area contributed by atoms with Gasteiger partial charge in [0.15, 0.2) is 0 Å². The third-order valence-electron chi connectivity index (χ3n) is 2.96. The van der Waals surface area contributed by atoms with Crippen LogP contribution in [0.4, 0.5) is 11.5 Å². The third-order valence-corrected chi connectivity index (χ3v) is 2.96. The summed E-state index contributed by atoms with van der Waals surface area (Å²) in [5.74, 6) is 2.31. The highest BCUT2D eigenvalue weighted by molar-refractivity contribution is 5.49. The van der Waals surface area contributed by atoms with Gasteiger partial charge in [-0.1, -0.05) is 6.92 Å². The summed E-state index contributed by atoms with van der Waals surface area (Å²) < 4.78 is 5.72. The molecule has 1 aromatic carbocycles. The van der Waals surface area contributed by atoms with E-state index in [1.807, 2.05) is 13.8 Å². The molecule has 0 saturated heterocycles. The molecule has 0 bridgehead atoms. The van der Waals surface area contributed by atoms with Crippen molar-refractivity contribution in [2.75, 3.05) is 12.4 Å². The zero-order chi connectivity index (χ0) is 15.4. The summed E-state index contributed by atoms with van der Waals surface area (Å²) in [6.45, 7) is 3.81. The molecule has 1 N–H and O–H groups in total. The highest BCUT2D eigenvalue weighted by Gasteiger charge is 2.12. The lowest BCUT2D eigenvalue weighted by Gasteiger charge is -2.12. The molecule has 0 saturated carbocycles. The van der Waals surface area contributed by atoms with Crippen LogP contribution in [0.15, 0.2) is 24.3 Å². The fraction of sp³-hybridized carbons (Fsp3) is 0.286. The Bertz CT molecular complexity index is 656. The average molecular weight is 288 g/mol. The van der Waals surface area contributed by atoms with Gasteiger partial charge in [0, 0.05) is 25.6 Å². The maximum atomic E-state index is 10.6. The van der Waals surface area contributed by atoms with Gasteiger partial charge < -0.3 is 10.1 Å². The molecule has 0 fully saturated rings. The molecular weight excluding hydrogens is 272 g/mol. The van der Waals surface area contributed by atoms with Crippen LogP contribution in [0.25, 0.3) is 0 Å². The lowest BCUT2D eigenvalue weighted by molar-refractivity contribution is -0.384. The second-order valence-corrected chi connectivity index (χ2v) is 4.38. The lowest BCUT2D eigenvalue weighted by Crippen LogP contribution is -2.04. The third kappa shape index (κ3) is 3.25. The van der Waals surface area contributed by atoms with Crippen molar-refractivity contribution in [3.63, 3.8) is 0 Å². The van der Waals surface area contributed by atoms with Gasteiger partial charge in [-0.15, -0.1) is 0 Å². The molecule has 0 radical (unpaired) electrons. The van der Waals surface area contributed by atoms with E-state index in [1.165, 1.54) is 12.1 Å². The molecule has 0 aliphatic rings. The average Bonchev–Trinajstić information content (AvgIpc) is 2.49. The minimum atomic E-state index is -0.450. The summed E-state index contributed by atoms with van der Waals surface area (Å²) >= 11 is 0. The number of nitrogens with zero attached hydrogens (tertiary/aromatic N) is 3. The Morgan fingerprint density at radius 1 is 1.29 bits per heavy atom. The van der Waals surface area contributed by atoms with Crippen molar-refractivity contribution in [1.29, 1.82) is 0 Å². The lowest BCUT2D eigenvalue weighted by atomic mass is 10.3. The van der Waals surface area contributed by atoms with E-state index in [2.05, 4.69) is 15.3 Å². The smallest absolute Gasteiger partial charge is 0.269 e. The summed E-state index contributed by atoms with van der Waals surface area (Å²) in [6, 6.07) is 5.88. The standard InChI is InChI=1S/C14H16N4O3/c1-4-12-16-13(15-3)9(2)14(17-12)21-11-7-5-10(6-8-11)18(19)20/h5-8H,4H2,1-3H3,(H,15,16,17). The molecule has 7 nitrogen and oxygen atoms in total. The Morgan fingerprint density at radius 2 is 1.95 bits per heavy atom. The van der Waals surface area contributed by atoms with Gasteiger partial charge in [0.25, 0.3) is 5.69 Å². The molecule has 0 spiro atoms. The summed E-state index contributed by atoms with van der Waals surface area (Å²) in [5, 5.41) is 13.6. The van der Waals surface area contributed by atoms with E-state index in [1.54, 1.807) is 19.2 Å². The number of rotatable bonds is 5. The first-order valence-corrected chi connectivity index (χ1v) is 6.52. The molecule has 1 heterocycles. The fourth-order valence-electron chi connectivity index (χ4n) is 1.79. The molecule has 2 aromatic rings. The van der Waals surface area contributed by atoms with Gasteiger partial charge in [0.2, 0.25) is 5.88 Å². The van der Waals surface area contributed by atoms with E-state index in [4.69, 9.17) is 4.74 Å². The molecule has 0 unspecified atom stereocenters. The number of benzene rings is 1. The van der Waals surface area contributed by atoms with Gasteiger partial charge in [-0.2, -0.15) is 4.98 Å². The van der Waals surface area contributed by atoms with Crippen molar-refractivity contribution in [2.24, 2.45) is 0 Å². The van der Waals surface area contributed by atoms with Crippen LogP contribution in [0.2, 0.25) is 0 Å². The number of nitro groups is 1. The van der Waals surface area contributed by atoms with Crippen LogP contribution in [-0.2, 0) is 6.42 Å². The van der Waals surface area contributed by atoms with Gasteiger partial charge in [-0.05, 0) is 19.1 Å². The molecule has 0 aliphatic carbocycles. The normalized spacial score (nSPS) is 10.2. The van der Waals surface area contributed by atoms with Crippen LogP contribution in [0.3, 0.4) is 0 Å². The SMILES string of the molecule is CCc1nc(NC)c(C)c(Oc2ccc([N+](=O)[O-])cc2)n1. The van der Waals surface area contributed by atoms with Gasteiger partial charge in [-0.25, -0.2) is 4.98 Å². The fourth-order valence-corrected chi connectivity index (χ4v) is 1.79. The van der Waals surface area contributed by atoms with Crippen LogP contribution in [0.5, 0.6) is 11.6 Å². The van der Waals surface area contributed by atoms with Crippen LogP contribution in [0.1, 0.15) is 18.3 Å². The van der Waals surface area contributed by atoms with Gasteiger partial charge in [0.1, 0.15) is 17.4 Å². The zero-order valence-electron chi connectivity index (χ0n) is 12.1. The number of ether oxygens (including phenoxy) is 1. The molecule has 0 atom stereocenters. The second-order valence-electron chi connectivity index (χ2n) is 4.38. The van der Waals surface area contributed by atoms with Crippen LogP contribution < -0.4 is 10.1 Å². The molecule has 21 heavy (non-hydrogen) atoms. The first kappa shape index (κ1) is 14.7.